The molecule has 4 nitrogen and oxygen atoms in total. The number of aryl methyl sites for hydroxylation is 1. The van der Waals surface area contributed by atoms with Crippen LogP contribution in [0.5, 0.6) is 0 Å². The van der Waals surface area contributed by atoms with Crippen molar-refractivity contribution in [1.29, 1.82) is 0 Å². The van der Waals surface area contributed by atoms with Crippen LogP contribution in [-0.2, 0) is 6.42 Å². The average Bonchev–Trinajstić information content (AvgIpc) is 2.88. The van der Waals surface area contributed by atoms with Gasteiger partial charge in [0.2, 0.25) is 0 Å². The van der Waals surface area contributed by atoms with E-state index in [9.17, 15) is 9.18 Å². The van der Waals surface area contributed by atoms with E-state index in [1.54, 1.807) is 25.1 Å². The first-order chi connectivity index (χ1) is 10.1. The topological polar surface area (TPSA) is 50.2 Å². The largest absolute Gasteiger partial charge is 0.289 e. The summed E-state index contributed by atoms with van der Waals surface area (Å²) in [4.78, 5) is 16.8. The number of benzene rings is 1. The molecule has 0 aliphatic heterocycles. The lowest BCUT2D eigenvalue weighted by Gasteiger charge is -2.02. The van der Waals surface area contributed by atoms with Crippen LogP contribution in [0.15, 0.2) is 35.1 Å². The van der Waals surface area contributed by atoms with Crippen LogP contribution in [-0.4, -0.2) is 20.5 Å². The predicted molar refractivity (Wildman–Crippen MR) is 80.4 cm³/mol. The highest BCUT2D eigenvalue weighted by molar-refractivity contribution is 6.18. The van der Waals surface area contributed by atoms with Gasteiger partial charge in [0.05, 0.1) is 5.69 Å². The molecule has 108 valence electrons. The fourth-order valence-corrected chi connectivity index (χ4v) is 2.52. The predicted octanol–water partition coefficient (Wildman–Crippen LogP) is 2.92. The van der Waals surface area contributed by atoms with Gasteiger partial charge in [0.25, 0.3) is 5.56 Å². The summed E-state index contributed by atoms with van der Waals surface area (Å²) < 4.78 is 14.4. The van der Waals surface area contributed by atoms with Crippen LogP contribution in [0.2, 0.25) is 0 Å². The molecule has 1 N–H and O–H groups in total. The summed E-state index contributed by atoms with van der Waals surface area (Å²) in [6.45, 7) is 1.80. The number of rotatable bonds is 3. The van der Waals surface area contributed by atoms with Gasteiger partial charge in [-0.05, 0) is 43.2 Å². The first kappa shape index (κ1) is 13.8. The van der Waals surface area contributed by atoms with Crippen molar-refractivity contribution in [2.24, 2.45) is 0 Å². The van der Waals surface area contributed by atoms with Crippen LogP contribution in [0.3, 0.4) is 0 Å². The SMILES string of the molecule is Cc1nc2cc(-c3ccc(F)cc3)[nH]n2c(=O)c1CCCl. The van der Waals surface area contributed by atoms with Crippen molar-refractivity contribution < 1.29 is 4.39 Å². The van der Waals surface area contributed by atoms with Gasteiger partial charge in [-0.3, -0.25) is 9.89 Å². The Labute approximate surface area is 125 Å². The molecule has 0 atom stereocenters. The van der Waals surface area contributed by atoms with Gasteiger partial charge in [-0.15, -0.1) is 11.6 Å². The average molecular weight is 306 g/mol. The number of aromatic amines is 1. The summed E-state index contributed by atoms with van der Waals surface area (Å²) >= 11 is 5.73. The minimum absolute atomic E-state index is 0.147. The van der Waals surface area contributed by atoms with E-state index in [0.717, 1.165) is 5.56 Å². The molecule has 0 aliphatic carbocycles. The van der Waals surface area contributed by atoms with E-state index in [2.05, 4.69) is 10.1 Å². The van der Waals surface area contributed by atoms with Gasteiger partial charge in [-0.2, -0.15) is 0 Å². The molecule has 0 fully saturated rings. The molecule has 0 aliphatic rings. The Hall–Kier alpha value is -2.14. The van der Waals surface area contributed by atoms with Crippen LogP contribution < -0.4 is 5.56 Å². The normalized spacial score (nSPS) is 11.2. The van der Waals surface area contributed by atoms with Gasteiger partial charge in [-0.1, -0.05) is 0 Å². The van der Waals surface area contributed by atoms with E-state index in [1.165, 1.54) is 16.6 Å². The lowest BCUT2D eigenvalue weighted by molar-refractivity contribution is 0.628. The van der Waals surface area contributed by atoms with Gasteiger partial charge in [0.15, 0.2) is 5.65 Å². The quantitative estimate of drug-likeness (QED) is 0.756. The molecule has 0 spiro atoms. The first-order valence-corrected chi connectivity index (χ1v) is 7.07. The molecule has 0 unspecified atom stereocenters. The van der Waals surface area contributed by atoms with Gasteiger partial charge >= 0.3 is 0 Å². The molecule has 0 amide bonds. The highest BCUT2D eigenvalue weighted by atomic mass is 35.5. The van der Waals surface area contributed by atoms with E-state index in [4.69, 9.17) is 11.6 Å². The summed E-state index contributed by atoms with van der Waals surface area (Å²) in [7, 11) is 0. The molecule has 0 saturated heterocycles. The third kappa shape index (κ3) is 2.45. The number of hydrogen-bond acceptors (Lipinski definition) is 2. The minimum Gasteiger partial charge on any atom is -0.289 e. The monoisotopic (exact) mass is 305 g/mol. The van der Waals surface area contributed by atoms with Crippen LogP contribution >= 0.6 is 11.6 Å². The fourth-order valence-electron chi connectivity index (χ4n) is 2.33. The van der Waals surface area contributed by atoms with Crippen molar-refractivity contribution in [1.82, 2.24) is 14.6 Å². The van der Waals surface area contributed by atoms with E-state index in [-0.39, 0.29) is 11.4 Å². The van der Waals surface area contributed by atoms with E-state index in [0.29, 0.717) is 34.9 Å². The summed E-state index contributed by atoms with van der Waals surface area (Å²) in [5.41, 5.74) is 3.18. The van der Waals surface area contributed by atoms with Crippen molar-refractivity contribution >= 4 is 17.2 Å². The maximum Gasteiger partial charge on any atom is 0.276 e. The summed E-state index contributed by atoms with van der Waals surface area (Å²) in [5, 5.41) is 3.00. The smallest absolute Gasteiger partial charge is 0.276 e. The van der Waals surface area contributed by atoms with E-state index >= 15 is 0 Å². The molecule has 3 aromatic rings. The number of H-pyrrole nitrogens is 1. The number of nitrogens with zero attached hydrogens (tertiary/aromatic N) is 2. The Morgan fingerprint density at radius 3 is 2.71 bits per heavy atom. The molecule has 2 aromatic heterocycles. The minimum atomic E-state index is -0.301. The van der Waals surface area contributed by atoms with Gasteiger partial charge in [-0.25, -0.2) is 13.9 Å². The highest BCUT2D eigenvalue weighted by Crippen LogP contribution is 2.19. The number of hydrogen-bond donors (Lipinski definition) is 1. The molecular weight excluding hydrogens is 293 g/mol. The molecule has 21 heavy (non-hydrogen) atoms. The zero-order valence-electron chi connectivity index (χ0n) is 11.4. The van der Waals surface area contributed by atoms with Crippen molar-refractivity contribution in [3.05, 3.63) is 57.8 Å². The Morgan fingerprint density at radius 1 is 1.33 bits per heavy atom. The Kier molecular flexibility index (Phi) is 3.51. The zero-order chi connectivity index (χ0) is 15.0. The van der Waals surface area contributed by atoms with Crippen molar-refractivity contribution in [3.8, 4) is 11.3 Å². The summed E-state index contributed by atoms with van der Waals surface area (Å²) in [6, 6.07) is 7.82. The van der Waals surface area contributed by atoms with Crippen LogP contribution in [0.4, 0.5) is 4.39 Å². The second-order valence-corrected chi connectivity index (χ2v) is 5.17. The van der Waals surface area contributed by atoms with E-state index < -0.39 is 0 Å². The van der Waals surface area contributed by atoms with E-state index in [1.807, 2.05) is 0 Å². The van der Waals surface area contributed by atoms with Gasteiger partial charge in [0, 0.05) is 23.2 Å². The molecule has 0 bridgehead atoms. The number of fused-ring (bicyclic) bond motifs is 1. The number of aromatic nitrogens is 3. The summed E-state index contributed by atoms with van der Waals surface area (Å²) in [6.07, 6.45) is 0.479. The highest BCUT2D eigenvalue weighted by Gasteiger charge is 2.12. The Morgan fingerprint density at radius 2 is 2.05 bits per heavy atom. The number of nitrogens with one attached hydrogen (secondary N) is 1. The molecule has 0 radical (unpaired) electrons. The van der Waals surface area contributed by atoms with Gasteiger partial charge in [0.1, 0.15) is 5.82 Å². The lowest BCUT2D eigenvalue weighted by Crippen LogP contribution is -2.22. The van der Waals surface area contributed by atoms with Crippen molar-refractivity contribution in [2.75, 3.05) is 5.88 Å². The first-order valence-electron chi connectivity index (χ1n) is 6.53. The second-order valence-electron chi connectivity index (χ2n) is 4.79. The van der Waals surface area contributed by atoms with Crippen LogP contribution in [0.1, 0.15) is 11.3 Å². The molecular formula is C15H13ClFN3O. The second kappa shape index (κ2) is 5.33. The molecule has 3 rings (SSSR count). The zero-order valence-corrected chi connectivity index (χ0v) is 12.1. The Bertz CT molecular complexity index is 852. The standard InChI is InChI=1S/C15H13ClFN3O/c1-9-12(6-7-16)15(21)20-14(18-9)8-13(19-20)10-2-4-11(17)5-3-10/h2-5,8,19H,6-7H2,1H3. The van der Waals surface area contributed by atoms with Crippen molar-refractivity contribution in [3.63, 3.8) is 0 Å². The maximum atomic E-state index is 13.0. The lowest BCUT2D eigenvalue weighted by atomic mass is 10.1. The maximum absolute atomic E-state index is 13.0. The molecule has 6 heteroatoms. The fraction of sp³-hybridized carbons (Fsp3) is 0.200. The van der Waals surface area contributed by atoms with Crippen LogP contribution in [0, 0.1) is 12.7 Å². The third-order valence-electron chi connectivity index (χ3n) is 3.41. The van der Waals surface area contributed by atoms with Crippen LogP contribution in [0.25, 0.3) is 16.9 Å². The third-order valence-corrected chi connectivity index (χ3v) is 3.60. The molecule has 0 saturated carbocycles. The number of halogens is 2. The molecule has 1 aromatic carbocycles. The molecule has 2 heterocycles. The van der Waals surface area contributed by atoms with Crippen molar-refractivity contribution in [2.45, 2.75) is 13.3 Å². The number of alkyl halides is 1. The summed E-state index contributed by atoms with van der Waals surface area (Å²) in [5.74, 6) is 0.0698. The Balaban J connectivity index is 2.18. The van der Waals surface area contributed by atoms with Gasteiger partial charge < -0.3 is 0 Å².